The Morgan fingerprint density at radius 1 is 0.981 bits per heavy atom. The highest BCUT2D eigenvalue weighted by Crippen LogP contribution is 2.51. The molecule has 4 aromatic rings. The van der Waals surface area contributed by atoms with Gasteiger partial charge in [0.15, 0.2) is 5.69 Å². The minimum absolute atomic E-state index is 0.0823. The molecular formula is C38H42F2N6O7S. The number of nitrogens with zero attached hydrogens (tertiary/aromatic N) is 4. The topological polar surface area (TPSA) is 173 Å². The van der Waals surface area contributed by atoms with E-state index in [0.29, 0.717) is 34.6 Å². The zero-order valence-corrected chi connectivity index (χ0v) is 31.0. The molecule has 3 aliphatic rings. The van der Waals surface area contributed by atoms with Crippen molar-refractivity contribution >= 4 is 56.5 Å². The summed E-state index contributed by atoms with van der Waals surface area (Å²) in [6.45, 7) is 4.90. The predicted molar refractivity (Wildman–Crippen MR) is 195 cm³/mol. The zero-order valence-electron chi connectivity index (χ0n) is 30.1. The van der Waals surface area contributed by atoms with Crippen LogP contribution in [0.5, 0.6) is 5.88 Å². The summed E-state index contributed by atoms with van der Waals surface area (Å²) in [5.74, 6) is -6.84. The fourth-order valence-electron chi connectivity index (χ4n) is 7.34. The number of carbonyl (C=O) groups excluding carboxylic acids is 3. The second kappa shape index (κ2) is 14.3. The lowest BCUT2D eigenvalue weighted by Crippen LogP contribution is -2.56. The number of benzene rings is 2. The van der Waals surface area contributed by atoms with Gasteiger partial charge in [-0.1, -0.05) is 37.1 Å². The van der Waals surface area contributed by atoms with Gasteiger partial charge in [-0.2, -0.15) is 0 Å². The van der Waals surface area contributed by atoms with Crippen LogP contribution in [0, 0.1) is 5.92 Å². The summed E-state index contributed by atoms with van der Waals surface area (Å²) >= 11 is 1.40. The third-order valence-corrected chi connectivity index (χ3v) is 11.1. The second-order valence-corrected chi connectivity index (χ2v) is 16.4. The Balaban J connectivity index is 1.23. The first-order valence-corrected chi connectivity index (χ1v) is 19.0. The maximum atomic E-state index is 15.0. The maximum absolute atomic E-state index is 15.0. The number of rotatable bonds is 5. The molecule has 3 amide bonds. The number of fused-ring (bicyclic) bond motifs is 4. The molecule has 0 bridgehead atoms. The van der Waals surface area contributed by atoms with Gasteiger partial charge in [-0.15, -0.1) is 11.3 Å². The molecule has 5 atom stereocenters. The minimum Gasteiger partial charge on any atom is -0.479 e. The number of ether oxygens (including phenoxy) is 2. The van der Waals surface area contributed by atoms with E-state index in [1.54, 1.807) is 26.8 Å². The molecule has 1 saturated carbocycles. The highest BCUT2D eigenvalue weighted by Gasteiger charge is 2.64. The van der Waals surface area contributed by atoms with Gasteiger partial charge < -0.3 is 30.1 Å². The van der Waals surface area contributed by atoms with E-state index in [2.05, 4.69) is 10.6 Å². The number of alkyl carbamates (subject to hydrolysis) is 1. The lowest BCUT2D eigenvalue weighted by atomic mass is 10.0. The van der Waals surface area contributed by atoms with E-state index in [4.69, 9.17) is 24.4 Å². The summed E-state index contributed by atoms with van der Waals surface area (Å²) in [6.07, 6.45) is -2.19. The van der Waals surface area contributed by atoms with Crippen LogP contribution in [0.15, 0.2) is 48.5 Å². The van der Waals surface area contributed by atoms with Crippen LogP contribution < -0.4 is 15.4 Å². The molecule has 2 aromatic heterocycles. The number of thiazole rings is 1. The highest BCUT2D eigenvalue weighted by atomic mass is 32.1. The number of alkyl halides is 2. The van der Waals surface area contributed by atoms with Crippen LogP contribution >= 0.6 is 11.3 Å². The van der Waals surface area contributed by atoms with Crippen LogP contribution in [0.2, 0.25) is 0 Å². The number of nitrogens with one attached hydrogen (secondary N) is 2. The van der Waals surface area contributed by atoms with Crippen molar-refractivity contribution < 1.29 is 42.5 Å². The van der Waals surface area contributed by atoms with E-state index in [0.717, 1.165) is 10.2 Å². The fraction of sp³-hybridized carbons (Fsp3) is 0.500. The fourth-order valence-corrected chi connectivity index (χ4v) is 8.28. The van der Waals surface area contributed by atoms with E-state index >= 15 is 8.78 Å². The summed E-state index contributed by atoms with van der Waals surface area (Å²) in [5.41, 5.74) is -0.494. The van der Waals surface area contributed by atoms with Gasteiger partial charge in [0.2, 0.25) is 23.6 Å². The number of carboxylic acid groups (broad SMARTS) is 1. The standard InChI is InChI=1S/C38H42F2N6O7S/c1-36(2,3)53-35(51)44-26-14-5-4-10-16-37(39,40)18-21-19-38(21,34(49)50)45-30(47)27-17-22(20-46(27)33(26)48)52-31-29(41-23-11-6-7-12-24(23)42-31)32-43-25-13-8-9-15-28(25)54-32/h6-9,11-13,15,21-22,26-27H,4-5,10,14,16-20H2,1-3H3,(H,44,51)(H,45,47)(H,49,50)/t21-,22-,26+,27+,38-/m1/s1. The number of hydrogen-bond acceptors (Lipinski definition) is 10. The average Bonchev–Trinajstić information content (AvgIpc) is 3.41. The summed E-state index contributed by atoms with van der Waals surface area (Å²) in [5, 5.41) is 15.9. The summed E-state index contributed by atoms with van der Waals surface area (Å²) in [6, 6.07) is 12.4. The van der Waals surface area contributed by atoms with Crippen molar-refractivity contribution in [2.45, 2.75) is 107 Å². The number of para-hydroxylation sites is 3. The van der Waals surface area contributed by atoms with Gasteiger partial charge in [0.25, 0.3) is 0 Å². The van der Waals surface area contributed by atoms with E-state index in [9.17, 15) is 24.3 Å². The quantitative estimate of drug-likeness (QED) is 0.216. The number of aromatic nitrogens is 3. The Morgan fingerprint density at radius 3 is 2.39 bits per heavy atom. The number of halogens is 2. The molecule has 0 unspecified atom stereocenters. The first kappa shape index (κ1) is 37.3. The van der Waals surface area contributed by atoms with Crippen LogP contribution in [0.25, 0.3) is 32.0 Å². The molecule has 4 heterocycles. The Labute approximate surface area is 313 Å². The molecule has 2 aromatic carbocycles. The van der Waals surface area contributed by atoms with Gasteiger partial charge in [0.05, 0.1) is 27.8 Å². The molecule has 3 fully saturated rings. The second-order valence-electron chi connectivity index (χ2n) is 15.4. The van der Waals surface area contributed by atoms with E-state index in [-0.39, 0.29) is 38.1 Å². The third-order valence-electron chi connectivity index (χ3n) is 10.1. The van der Waals surface area contributed by atoms with Gasteiger partial charge >= 0.3 is 12.1 Å². The molecule has 286 valence electrons. The van der Waals surface area contributed by atoms with Crippen molar-refractivity contribution in [1.29, 1.82) is 0 Å². The highest BCUT2D eigenvalue weighted by molar-refractivity contribution is 7.21. The van der Waals surface area contributed by atoms with E-state index in [1.165, 1.54) is 16.2 Å². The number of hydrogen-bond donors (Lipinski definition) is 3. The third kappa shape index (κ3) is 7.93. The van der Waals surface area contributed by atoms with Crippen molar-refractivity contribution in [2.24, 2.45) is 5.92 Å². The smallest absolute Gasteiger partial charge is 0.408 e. The Bertz CT molecular complexity index is 2070. The molecule has 7 rings (SSSR count). The number of amides is 3. The van der Waals surface area contributed by atoms with Gasteiger partial charge in [-0.05, 0) is 64.3 Å². The Hall–Kier alpha value is -4.99. The van der Waals surface area contributed by atoms with Crippen molar-refractivity contribution in [2.75, 3.05) is 6.54 Å². The van der Waals surface area contributed by atoms with Crippen molar-refractivity contribution in [3.63, 3.8) is 0 Å². The molecular weight excluding hydrogens is 723 g/mol. The lowest BCUT2D eigenvalue weighted by molar-refractivity contribution is -0.146. The monoisotopic (exact) mass is 764 g/mol. The Morgan fingerprint density at radius 2 is 1.69 bits per heavy atom. The normalized spacial score (nSPS) is 26.2. The average molecular weight is 765 g/mol. The van der Waals surface area contributed by atoms with Crippen molar-refractivity contribution in [3.05, 3.63) is 48.5 Å². The molecule has 2 aliphatic heterocycles. The molecule has 13 nitrogen and oxygen atoms in total. The van der Waals surface area contributed by atoms with Crippen LogP contribution in [0.4, 0.5) is 13.6 Å². The first-order valence-electron chi connectivity index (χ1n) is 18.1. The molecule has 16 heteroatoms. The number of aliphatic carboxylic acids is 1. The maximum Gasteiger partial charge on any atom is 0.408 e. The molecule has 0 radical (unpaired) electrons. The predicted octanol–water partition coefficient (Wildman–Crippen LogP) is 6.10. The Kier molecular flexibility index (Phi) is 9.91. The van der Waals surface area contributed by atoms with Crippen LogP contribution in [-0.2, 0) is 19.1 Å². The zero-order chi connectivity index (χ0) is 38.4. The minimum atomic E-state index is -3.14. The van der Waals surface area contributed by atoms with Crippen LogP contribution in [0.1, 0.15) is 72.1 Å². The molecule has 3 N–H and O–H groups in total. The van der Waals surface area contributed by atoms with Crippen LogP contribution in [-0.4, -0.2) is 90.6 Å². The lowest BCUT2D eigenvalue weighted by Gasteiger charge is -2.30. The first-order chi connectivity index (χ1) is 25.6. The van der Waals surface area contributed by atoms with Crippen molar-refractivity contribution in [1.82, 2.24) is 30.5 Å². The molecule has 54 heavy (non-hydrogen) atoms. The van der Waals surface area contributed by atoms with Gasteiger partial charge in [0, 0.05) is 25.2 Å². The summed E-state index contributed by atoms with van der Waals surface area (Å²) < 4.78 is 43.0. The van der Waals surface area contributed by atoms with Gasteiger partial charge in [-0.25, -0.2) is 33.3 Å². The number of carboxylic acids is 1. The van der Waals surface area contributed by atoms with E-state index < -0.39 is 77.9 Å². The number of carbonyl (C=O) groups is 4. The molecule has 1 aliphatic carbocycles. The van der Waals surface area contributed by atoms with E-state index in [1.807, 2.05) is 42.5 Å². The summed E-state index contributed by atoms with van der Waals surface area (Å²) in [7, 11) is 0. The summed E-state index contributed by atoms with van der Waals surface area (Å²) in [4.78, 5) is 69.7. The molecule has 0 spiro atoms. The van der Waals surface area contributed by atoms with Gasteiger partial charge in [0.1, 0.15) is 34.3 Å². The largest absolute Gasteiger partial charge is 0.479 e. The SMILES string of the molecule is CC(C)(C)OC(=O)N[C@H]1CCCCCC(F)(F)C[C@@H]2C[C@@]2(C(=O)O)NC(=O)[C@@H]2C[C@@H](Oc3nc4ccccc4nc3-c3nc4ccccc4s3)CN2C1=O. The van der Waals surface area contributed by atoms with Gasteiger partial charge in [-0.3, -0.25) is 9.59 Å². The molecule has 2 saturated heterocycles. The van der Waals surface area contributed by atoms with Crippen LogP contribution in [0.3, 0.4) is 0 Å². The van der Waals surface area contributed by atoms with Crippen molar-refractivity contribution in [3.8, 4) is 16.6 Å².